The molecule has 0 radical (unpaired) electrons. The van der Waals surface area contributed by atoms with Crippen LogP contribution in [0.3, 0.4) is 0 Å². The molecule has 0 amide bonds. The van der Waals surface area contributed by atoms with Gasteiger partial charge in [-0.1, -0.05) is 0 Å². The van der Waals surface area contributed by atoms with Gasteiger partial charge in [-0.2, -0.15) is 0 Å². The molecular weight excluding hydrogens is 237 g/mol. The summed E-state index contributed by atoms with van der Waals surface area (Å²) in [6, 6.07) is 0. The first-order chi connectivity index (χ1) is 4.24. The fraction of sp³-hybridized carbons (Fsp3) is 1.00. The highest BCUT2D eigenvalue weighted by atomic mass is 127. The van der Waals surface area contributed by atoms with E-state index in [9.17, 15) is 0 Å². The summed E-state index contributed by atoms with van der Waals surface area (Å²) >= 11 is 1.77. The van der Waals surface area contributed by atoms with Gasteiger partial charge in [0, 0.05) is 22.9 Å². The van der Waals surface area contributed by atoms with Gasteiger partial charge in [0.15, 0.2) is 0 Å². The molecule has 0 rings (SSSR count). The van der Waals surface area contributed by atoms with E-state index < -0.39 is 5.54 Å². The molecule has 0 aliphatic rings. The van der Waals surface area contributed by atoms with E-state index in [0.29, 0.717) is 0 Å². The highest BCUT2D eigenvalue weighted by molar-refractivity contribution is 14.1. The van der Waals surface area contributed by atoms with Gasteiger partial charge in [-0.15, -0.1) is 0 Å². The van der Waals surface area contributed by atoms with Gasteiger partial charge < -0.3 is 15.3 Å². The standard InChI is InChI=1S/C4H10INO3/c5-6-4(1-7,2-8)3-9/h6-9H,1-3H2. The van der Waals surface area contributed by atoms with Crippen molar-refractivity contribution in [3.05, 3.63) is 0 Å². The molecule has 0 aromatic heterocycles. The Labute approximate surface area is 67.4 Å². The number of hydrogen-bond acceptors (Lipinski definition) is 4. The van der Waals surface area contributed by atoms with E-state index in [1.807, 2.05) is 0 Å². The summed E-state index contributed by atoms with van der Waals surface area (Å²) in [4.78, 5) is 0. The van der Waals surface area contributed by atoms with Crippen molar-refractivity contribution in [3.63, 3.8) is 0 Å². The lowest BCUT2D eigenvalue weighted by molar-refractivity contribution is 0.0634. The van der Waals surface area contributed by atoms with Crippen LogP contribution in [0.25, 0.3) is 0 Å². The molecule has 0 aromatic carbocycles. The van der Waals surface area contributed by atoms with Gasteiger partial charge in [0.2, 0.25) is 0 Å². The Kier molecular flexibility index (Phi) is 4.67. The number of aliphatic hydroxyl groups is 3. The lowest BCUT2D eigenvalue weighted by Crippen LogP contribution is -2.50. The van der Waals surface area contributed by atoms with E-state index in [2.05, 4.69) is 3.53 Å². The van der Waals surface area contributed by atoms with Crippen molar-refractivity contribution in [1.82, 2.24) is 3.53 Å². The highest BCUT2D eigenvalue weighted by Crippen LogP contribution is 2.02. The highest BCUT2D eigenvalue weighted by Gasteiger charge is 2.25. The van der Waals surface area contributed by atoms with Crippen molar-refractivity contribution >= 4 is 22.9 Å². The maximum absolute atomic E-state index is 8.59. The smallest absolute Gasteiger partial charge is 0.0964 e. The second kappa shape index (κ2) is 4.40. The molecule has 56 valence electrons. The van der Waals surface area contributed by atoms with E-state index >= 15 is 0 Å². The van der Waals surface area contributed by atoms with Crippen LogP contribution in [0.4, 0.5) is 0 Å². The van der Waals surface area contributed by atoms with Crippen LogP contribution in [0.1, 0.15) is 0 Å². The second-order valence-electron chi connectivity index (χ2n) is 1.85. The Balaban J connectivity index is 3.82. The Morgan fingerprint density at radius 3 is 1.44 bits per heavy atom. The molecule has 0 aliphatic heterocycles. The zero-order valence-corrected chi connectivity index (χ0v) is 7.00. The fourth-order valence-electron chi connectivity index (χ4n) is 0.240. The van der Waals surface area contributed by atoms with Gasteiger partial charge >= 0.3 is 0 Å². The summed E-state index contributed by atoms with van der Waals surface area (Å²) in [6.07, 6.45) is 0. The van der Waals surface area contributed by atoms with Gasteiger partial charge in [0.25, 0.3) is 0 Å². The van der Waals surface area contributed by atoms with Gasteiger partial charge in [-0.25, -0.2) is 3.53 Å². The average Bonchev–Trinajstić information content (AvgIpc) is 1.95. The van der Waals surface area contributed by atoms with Gasteiger partial charge in [0.05, 0.1) is 25.4 Å². The second-order valence-corrected chi connectivity index (χ2v) is 2.39. The zero-order chi connectivity index (χ0) is 7.33. The minimum Gasteiger partial charge on any atom is -0.394 e. The lowest BCUT2D eigenvalue weighted by Gasteiger charge is -2.24. The maximum atomic E-state index is 8.59. The molecule has 0 atom stereocenters. The summed E-state index contributed by atoms with van der Waals surface area (Å²) in [6.45, 7) is -0.825. The Morgan fingerprint density at radius 2 is 1.44 bits per heavy atom. The maximum Gasteiger partial charge on any atom is 0.0964 e. The van der Waals surface area contributed by atoms with Gasteiger partial charge in [-0.05, 0) is 0 Å². The quantitative estimate of drug-likeness (QED) is 0.366. The van der Waals surface area contributed by atoms with E-state index in [4.69, 9.17) is 15.3 Å². The van der Waals surface area contributed by atoms with Crippen LogP contribution in [0.2, 0.25) is 0 Å². The minimum atomic E-state index is -0.930. The van der Waals surface area contributed by atoms with Crippen molar-refractivity contribution in [2.45, 2.75) is 5.54 Å². The Bertz CT molecular complexity index is 58.7. The molecule has 0 aromatic rings. The topological polar surface area (TPSA) is 72.7 Å². The van der Waals surface area contributed by atoms with Crippen LogP contribution in [0.15, 0.2) is 0 Å². The predicted octanol–water partition coefficient (Wildman–Crippen LogP) is -1.36. The van der Waals surface area contributed by atoms with Crippen LogP contribution in [-0.4, -0.2) is 40.7 Å². The summed E-state index contributed by atoms with van der Waals surface area (Å²) in [5.41, 5.74) is -0.930. The Morgan fingerprint density at radius 1 is 1.11 bits per heavy atom. The molecule has 0 aliphatic carbocycles. The zero-order valence-electron chi connectivity index (χ0n) is 4.84. The third-order valence-electron chi connectivity index (χ3n) is 1.11. The molecule has 0 fully saturated rings. The summed E-state index contributed by atoms with van der Waals surface area (Å²) in [5, 5.41) is 25.8. The minimum absolute atomic E-state index is 0.275. The third-order valence-corrected chi connectivity index (χ3v) is 2.25. The van der Waals surface area contributed by atoms with Crippen molar-refractivity contribution in [1.29, 1.82) is 0 Å². The first kappa shape index (κ1) is 9.57. The first-order valence-electron chi connectivity index (χ1n) is 2.45. The number of hydrogen-bond donors (Lipinski definition) is 4. The molecule has 4 nitrogen and oxygen atoms in total. The van der Waals surface area contributed by atoms with Crippen LogP contribution >= 0.6 is 22.9 Å². The fourth-order valence-corrected chi connectivity index (χ4v) is 0.751. The molecule has 4 N–H and O–H groups in total. The van der Waals surface area contributed by atoms with E-state index in [1.54, 1.807) is 22.9 Å². The van der Waals surface area contributed by atoms with Crippen LogP contribution in [0, 0.1) is 0 Å². The van der Waals surface area contributed by atoms with E-state index in [1.165, 1.54) is 0 Å². The molecule has 0 spiro atoms. The van der Waals surface area contributed by atoms with E-state index in [-0.39, 0.29) is 19.8 Å². The van der Waals surface area contributed by atoms with Gasteiger partial charge in [-0.3, -0.25) is 0 Å². The SMILES string of the molecule is OCC(CO)(CO)NI. The van der Waals surface area contributed by atoms with E-state index in [0.717, 1.165) is 0 Å². The number of rotatable bonds is 4. The number of halogens is 1. The predicted molar refractivity (Wildman–Crippen MR) is 41.1 cm³/mol. The summed E-state index contributed by atoms with van der Waals surface area (Å²) in [7, 11) is 0. The van der Waals surface area contributed by atoms with Crippen molar-refractivity contribution in [2.75, 3.05) is 19.8 Å². The van der Waals surface area contributed by atoms with Crippen LogP contribution < -0.4 is 3.53 Å². The normalized spacial score (nSPS) is 12.0. The van der Waals surface area contributed by atoms with Crippen LogP contribution in [0.5, 0.6) is 0 Å². The third kappa shape index (κ3) is 2.34. The van der Waals surface area contributed by atoms with Gasteiger partial charge in [0.1, 0.15) is 0 Å². The molecular formula is C4H10INO3. The van der Waals surface area contributed by atoms with Crippen molar-refractivity contribution in [2.24, 2.45) is 0 Å². The molecule has 0 saturated heterocycles. The monoisotopic (exact) mass is 247 g/mol. The molecule has 0 heterocycles. The molecule has 0 unspecified atom stereocenters. The first-order valence-corrected chi connectivity index (χ1v) is 3.53. The van der Waals surface area contributed by atoms with Crippen molar-refractivity contribution in [3.8, 4) is 0 Å². The molecule has 0 bridgehead atoms. The Hall–Kier alpha value is 0.570. The largest absolute Gasteiger partial charge is 0.394 e. The molecule has 0 saturated carbocycles. The van der Waals surface area contributed by atoms with Crippen LogP contribution in [-0.2, 0) is 0 Å². The number of aliphatic hydroxyl groups excluding tert-OH is 3. The molecule has 9 heavy (non-hydrogen) atoms. The lowest BCUT2D eigenvalue weighted by atomic mass is 10.1. The van der Waals surface area contributed by atoms with Crippen molar-refractivity contribution < 1.29 is 15.3 Å². The molecule has 5 heteroatoms. The summed E-state index contributed by atoms with van der Waals surface area (Å²) in [5.74, 6) is 0. The number of nitrogens with one attached hydrogen (secondary N) is 1. The average molecular weight is 247 g/mol. The summed E-state index contributed by atoms with van der Waals surface area (Å²) < 4.78 is 2.58.